The van der Waals surface area contributed by atoms with E-state index in [1.165, 1.54) is 0 Å². The van der Waals surface area contributed by atoms with Crippen LogP contribution < -0.4 is 33.7 Å². The first-order valence-electron chi connectivity index (χ1n) is 10.1. The van der Waals surface area contributed by atoms with Crippen molar-refractivity contribution in [2.24, 2.45) is 0 Å². The van der Waals surface area contributed by atoms with Gasteiger partial charge < -0.3 is 33.7 Å². The second kappa shape index (κ2) is 8.31. The summed E-state index contributed by atoms with van der Waals surface area (Å²) in [7, 11) is 0. The summed E-state index contributed by atoms with van der Waals surface area (Å²) in [6.45, 7) is 3.15. The fraction of sp³-hybridized carbons (Fsp3) is 0.409. The Morgan fingerprint density at radius 3 is 2.70 bits per heavy atom. The number of rotatable bonds is 7. The highest BCUT2D eigenvalue weighted by Gasteiger charge is 2.25. The van der Waals surface area contributed by atoms with E-state index in [9.17, 15) is 4.79 Å². The van der Waals surface area contributed by atoms with Gasteiger partial charge in [-0.1, -0.05) is 0 Å². The molecule has 1 N–H and O–H groups in total. The van der Waals surface area contributed by atoms with Gasteiger partial charge in [0.1, 0.15) is 24.2 Å². The molecular formula is C22H23NO7. The van der Waals surface area contributed by atoms with Crippen LogP contribution in [0.15, 0.2) is 30.3 Å². The molecule has 5 rings (SSSR count). The molecule has 2 aromatic rings. The number of hydrogen-bond acceptors (Lipinski definition) is 8. The number of nitrogens with one attached hydrogen (secondary N) is 1. The van der Waals surface area contributed by atoms with Gasteiger partial charge in [0.2, 0.25) is 6.79 Å². The molecule has 158 valence electrons. The Morgan fingerprint density at radius 2 is 1.80 bits per heavy atom. The Morgan fingerprint density at radius 1 is 0.967 bits per heavy atom. The van der Waals surface area contributed by atoms with Crippen LogP contribution in [0.3, 0.4) is 0 Å². The lowest BCUT2D eigenvalue weighted by Crippen LogP contribution is -2.39. The zero-order valence-electron chi connectivity index (χ0n) is 16.5. The van der Waals surface area contributed by atoms with E-state index in [0.717, 1.165) is 13.0 Å². The predicted octanol–water partition coefficient (Wildman–Crippen LogP) is 2.58. The van der Waals surface area contributed by atoms with Crippen LogP contribution >= 0.6 is 0 Å². The number of carbonyl (C=O) groups is 1. The van der Waals surface area contributed by atoms with Crippen LogP contribution in [0, 0.1) is 0 Å². The minimum atomic E-state index is -0.0749. The molecule has 30 heavy (non-hydrogen) atoms. The SMILES string of the molecule is O=C1CCOc2cc(OCCCNC[C@H]3COc4cc5c(cc4O3)OCO5)ccc21. The van der Waals surface area contributed by atoms with E-state index in [0.29, 0.717) is 72.8 Å². The minimum Gasteiger partial charge on any atom is -0.493 e. The number of fused-ring (bicyclic) bond motifs is 3. The van der Waals surface area contributed by atoms with Gasteiger partial charge in [-0.2, -0.15) is 0 Å². The van der Waals surface area contributed by atoms with Gasteiger partial charge in [-0.3, -0.25) is 4.79 Å². The number of ether oxygens (including phenoxy) is 6. The largest absolute Gasteiger partial charge is 0.493 e. The van der Waals surface area contributed by atoms with Gasteiger partial charge >= 0.3 is 0 Å². The molecule has 3 aliphatic heterocycles. The Balaban J connectivity index is 1.03. The summed E-state index contributed by atoms with van der Waals surface area (Å²) < 4.78 is 33.8. The van der Waals surface area contributed by atoms with Crippen LogP contribution in [-0.2, 0) is 0 Å². The van der Waals surface area contributed by atoms with Gasteiger partial charge in [0.15, 0.2) is 28.8 Å². The van der Waals surface area contributed by atoms with Crippen LogP contribution in [-0.4, -0.2) is 51.6 Å². The van der Waals surface area contributed by atoms with E-state index in [1.807, 2.05) is 12.1 Å². The van der Waals surface area contributed by atoms with E-state index in [-0.39, 0.29) is 18.7 Å². The maximum absolute atomic E-state index is 11.8. The Labute approximate surface area is 174 Å². The number of hydrogen-bond donors (Lipinski definition) is 1. The van der Waals surface area contributed by atoms with Gasteiger partial charge in [-0.05, 0) is 25.1 Å². The Bertz CT molecular complexity index is 945. The van der Waals surface area contributed by atoms with Crippen LogP contribution in [0.4, 0.5) is 0 Å². The first-order valence-corrected chi connectivity index (χ1v) is 10.1. The van der Waals surface area contributed by atoms with Crippen molar-refractivity contribution in [1.82, 2.24) is 5.32 Å². The summed E-state index contributed by atoms with van der Waals surface area (Å²) in [4.78, 5) is 11.8. The van der Waals surface area contributed by atoms with Crippen LogP contribution in [0.1, 0.15) is 23.2 Å². The Kier molecular flexibility index (Phi) is 5.23. The topological polar surface area (TPSA) is 84.5 Å². The van der Waals surface area contributed by atoms with Crippen LogP contribution in [0.5, 0.6) is 34.5 Å². The first kappa shape index (κ1) is 18.9. The summed E-state index contributed by atoms with van der Waals surface area (Å²) >= 11 is 0. The second-order valence-corrected chi connectivity index (χ2v) is 7.29. The van der Waals surface area contributed by atoms with E-state index >= 15 is 0 Å². The summed E-state index contributed by atoms with van der Waals surface area (Å²) in [6.07, 6.45) is 1.19. The van der Waals surface area contributed by atoms with E-state index in [1.54, 1.807) is 18.2 Å². The molecule has 0 saturated carbocycles. The number of carbonyl (C=O) groups excluding carboxylic acids is 1. The highest BCUT2D eigenvalue weighted by Crippen LogP contribution is 2.43. The smallest absolute Gasteiger partial charge is 0.231 e. The highest BCUT2D eigenvalue weighted by molar-refractivity contribution is 5.99. The molecule has 0 spiro atoms. The molecule has 1 atom stereocenters. The third-order valence-electron chi connectivity index (χ3n) is 5.14. The van der Waals surface area contributed by atoms with E-state index < -0.39 is 0 Å². The molecule has 0 amide bonds. The molecule has 8 heteroatoms. The first-order chi connectivity index (χ1) is 14.8. The van der Waals surface area contributed by atoms with Crippen LogP contribution in [0.25, 0.3) is 0 Å². The average Bonchev–Trinajstić information content (AvgIpc) is 3.22. The number of benzene rings is 2. The monoisotopic (exact) mass is 413 g/mol. The van der Waals surface area contributed by atoms with Crippen molar-refractivity contribution in [3.63, 3.8) is 0 Å². The standard InChI is InChI=1S/C22H23NO7/c24-17-4-7-26-18-8-14(2-3-16(17)18)25-6-1-5-23-11-15-12-27-21-9-19-20(29-13-28-19)10-22(21)30-15/h2-3,8-10,15,23H,1,4-7,11-13H2/t15-/m0/s1. The van der Waals surface area contributed by atoms with Crippen molar-refractivity contribution >= 4 is 5.78 Å². The summed E-state index contributed by atoms with van der Waals surface area (Å²) in [5, 5.41) is 3.37. The van der Waals surface area contributed by atoms with Crippen molar-refractivity contribution in [1.29, 1.82) is 0 Å². The molecule has 8 nitrogen and oxygen atoms in total. The van der Waals surface area contributed by atoms with Crippen LogP contribution in [0.2, 0.25) is 0 Å². The molecule has 0 fully saturated rings. The number of Topliss-reactive ketones (excluding diaryl/α,β-unsaturated/α-hetero) is 1. The number of ketones is 1. The molecule has 2 aromatic carbocycles. The molecule has 0 bridgehead atoms. The van der Waals surface area contributed by atoms with Gasteiger partial charge in [-0.25, -0.2) is 0 Å². The molecule has 0 radical (unpaired) electrons. The third kappa shape index (κ3) is 3.95. The minimum absolute atomic E-state index is 0.0749. The molecule has 0 aromatic heterocycles. The van der Waals surface area contributed by atoms with Crippen molar-refractivity contribution in [2.75, 3.05) is 39.7 Å². The maximum Gasteiger partial charge on any atom is 0.231 e. The maximum atomic E-state index is 11.8. The summed E-state index contributed by atoms with van der Waals surface area (Å²) in [5.74, 6) is 4.16. The molecule has 3 heterocycles. The molecule has 3 aliphatic rings. The molecule has 0 unspecified atom stereocenters. The quantitative estimate of drug-likeness (QED) is 0.694. The molecular weight excluding hydrogens is 390 g/mol. The van der Waals surface area contributed by atoms with Crippen molar-refractivity contribution in [2.45, 2.75) is 18.9 Å². The fourth-order valence-corrected chi connectivity index (χ4v) is 3.59. The molecule has 0 aliphatic carbocycles. The third-order valence-corrected chi connectivity index (χ3v) is 5.14. The second-order valence-electron chi connectivity index (χ2n) is 7.29. The highest BCUT2D eigenvalue weighted by atomic mass is 16.7. The predicted molar refractivity (Wildman–Crippen MR) is 106 cm³/mol. The molecule has 0 saturated heterocycles. The normalized spacial score (nSPS) is 18.5. The lowest BCUT2D eigenvalue weighted by molar-refractivity contribution is 0.0899. The van der Waals surface area contributed by atoms with Crippen molar-refractivity contribution in [3.8, 4) is 34.5 Å². The van der Waals surface area contributed by atoms with Gasteiger partial charge in [-0.15, -0.1) is 0 Å². The van der Waals surface area contributed by atoms with Gasteiger partial charge in [0.25, 0.3) is 0 Å². The van der Waals surface area contributed by atoms with E-state index in [4.69, 9.17) is 28.4 Å². The van der Waals surface area contributed by atoms with Gasteiger partial charge in [0.05, 0.1) is 18.8 Å². The van der Waals surface area contributed by atoms with Crippen molar-refractivity contribution < 1.29 is 33.2 Å². The lowest BCUT2D eigenvalue weighted by atomic mass is 10.1. The lowest BCUT2D eigenvalue weighted by Gasteiger charge is -2.27. The average molecular weight is 413 g/mol. The zero-order valence-corrected chi connectivity index (χ0v) is 16.5. The Hall–Kier alpha value is -3.13. The van der Waals surface area contributed by atoms with E-state index in [2.05, 4.69) is 5.32 Å². The summed E-state index contributed by atoms with van der Waals surface area (Å²) in [6, 6.07) is 8.99. The summed E-state index contributed by atoms with van der Waals surface area (Å²) in [5.41, 5.74) is 0.635. The van der Waals surface area contributed by atoms with Gasteiger partial charge in [0, 0.05) is 31.2 Å². The van der Waals surface area contributed by atoms with Crippen molar-refractivity contribution in [3.05, 3.63) is 35.9 Å². The zero-order chi connectivity index (χ0) is 20.3. The fourth-order valence-electron chi connectivity index (χ4n) is 3.59.